The number of furan rings is 2. The molecule has 304 valence electrons. The van der Waals surface area contributed by atoms with E-state index in [-0.39, 0.29) is 10.8 Å². The number of thiophene rings is 1. The van der Waals surface area contributed by atoms with Crippen LogP contribution in [0.3, 0.4) is 0 Å². The van der Waals surface area contributed by atoms with Crippen LogP contribution >= 0.6 is 11.3 Å². The molecule has 13 rings (SSSR count). The molecule has 0 amide bonds. The third-order valence-electron chi connectivity index (χ3n) is 13.8. The molecule has 63 heavy (non-hydrogen) atoms. The van der Waals surface area contributed by atoms with Gasteiger partial charge in [0.2, 0.25) is 0 Å². The van der Waals surface area contributed by atoms with Gasteiger partial charge in [-0.1, -0.05) is 114 Å². The highest BCUT2D eigenvalue weighted by Crippen LogP contribution is 2.45. The number of benzene rings is 8. The summed E-state index contributed by atoms with van der Waals surface area (Å²) in [5.41, 5.74) is 18.3. The van der Waals surface area contributed by atoms with Crippen molar-refractivity contribution in [3.05, 3.63) is 150 Å². The SMILES string of the molecule is Cc1cc(-c2cc3oc4cc(C(C)(C)C)ccc4c3cc2Nc2ccc(C(C)(C)C)cc2)c2c3c1c1cc4oc5ccccc5c4cc1n3-c1cc3c(cc1B2)sc1ccccc13. The maximum absolute atomic E-state index is 6.85. The number of hydrogen-bond acceptors (Lipinski definition) is 4. The van der Waals surface area contributed by atoms with Gasteiger partial charge in [-0.2, -0.15) is 0 Å². The number of rotatable bonds is 3. The molecular weight excluding hydrogens is 788 g/mol. The molecule has 8 aromatic carbocycles. The third kappa shape index (κ3) is 5.40. The monoisotopic (exact) mass is 832 g/mol. The molecule has 4 aromatic heterocycles. The Morgan fingerprint density at radius 1 is 0.540 bits per heavy atom. The number of nitrogens with zero attached hydrogens (tertiary/aromatic N) is 1. The first kappa shape index (κ1) is 36.9. The summed E-state index contributed by atoms with van der Waals surface area (Å²) in [7, 11) is 0.799. The normalized spacial score (nSPS) is 13.1. The van der Waals surface area contributed by atoms with Crippen LogP contribution in [0.25, 0.3) is 103 Å². The van der Waals surface area contributed by atoms with Crippen LogP contribution in [0.5, 0.6) is 0 Å². The second-order valence-corrected chi connectivity index (χ2v) is 21.0. The van der Waals surface area contributed by atoms with E-state index in [4.69, 9.17) is 8.83 Å². The molecule has 0 saturated carbocycles. The van der Waals surface area contributed by atoms with Gasteiger partial charge in [0.15, 0.2) is 7.28 Å². The van der Waals surface area contributed by atoms with E-state index in [0.29, 0.717) is 0 Å². The largest absolute Gasteiger partial charge is 0.456 e. The lowest BCUT2D eigenvalue weighted by Crippen LogP contribution is -2.37. The van der Waals surface area contributed by atoms with Gasteiger partial charge in [0.1, 0.15) is 22.3 Å². The summed E-state index contributed by atoms with van der Waals surface area (Å²) in [4.78, 5) is 0. The Balaban J connectivity index is 1.12. The zero-order chi connectivity index (χ0) is 42.7. The van der Waals surface area contributed by atoms with Gasteiger partial charge in [-0.3, -0.25) is 0 Å². The fraction of sp³-hybridized carbons (Fsp3) is 0.158. The summed E-state index contributed by atoms with van der Waals surface area (Å²) in [6.07, 6.45) is 0. The number of hydrogen-bond donors (Lipinski definition) is 1. The summed E-state index contributed by atoms with van der Waals surface area (Å²) >= 11 is 1.89. The maximum atomic E-state index is 6.85. The van der Waals surface area contributed by atoms with Gasteiger partial charge >= 0.3 is 0 Å². The predicted octanol–water partition coefficient (Wildman–Crippen LogP) is 15.0. The van der Waals surface area contributed by atoms with Gasteiger partial charge in [-0.25, -0.2) is 0 Å². The molecule has 1 aliphatic rings. The van der Waals surface area contributed by atoms with Crippen molar-refractivity contribution in [3.8, 4) is 16.8 Å². The Bertz CT molecular complexity index is 3940. The van der Waals surface area contributed by atoms with Gasteiger partial charge in [0, 0.05) is 80.6 Å². The first-order chi connectivity index (χ1) is 30.4. The molecule has 0 saturated heterocycles. The topological polar surface area (TPSA) is 43.2 Å². The van der Waals surface area contributed by atoms with Crippen molar-refractivity contribution in [2.24, 2.45) is 0 Å². The van der Waals surface area contributed by atoms with Crippen LogP contribution in [0.1, 0.15) is 58.2 Å². The first-order valence-corrected chi connectivity index (χ1v) is 22.9. The lowest BCUT2D eigenvalue weighted by molar-refractivity contribution is 0.587. The smallest absolute Gasteiger partial charge is 0.198 e. The Hall–Kier alpha value is -6.76. The average molecular weight is 833 g/mol. The molecule has 0 fully saturated rings. The molecule has 12 aromatic rings. The third-order valence-corrected chi connectivity index (χ3v) is 14.9. The van der Waals surface area contributed by atoms with Crippen molar-refractivity contribution < 1.29 is 8.83 Å². The van der Waals surface area contributed by atoms with Crippen molar-refractivity contribution in [2.75, 3.05) is 5.32 Å². The molecule has 0 bridgehead atoms. The van der Waals surface area contributed by atoms with Gasteiger partial charge in [0.25, 0.3) is 0 Å². The van der Waals surface area contributed by atoms with E-state index in [0.717, 1.165) is 68.1 Å². The first-order valence-electron chi connectivity index (χ1n) is 22.1. The zero-order valence-corrected chi connectivity index (χ0v) is 37.4. The Morgan fingerprint density at radius 3 is 2.03 bits per heavy atom. The summed E-state index contributed by atoms with van der Waals surface area (Å²) in [5.74, 6) is 0. The molecule has 0 spiro atoms. The van der Waals surface area contributed by atoms with Crippen molar-refractivity contribution in [1.29, 1.82) is 0 Å². The van der Waals surface area contributed by atoms with E-state index in [1.165, 1.54) is 80.8 Å². The van der Waals surface area contributed by atoms with Gasteiger partial charge in [-0.15, -0.1) is 11.3 Å². The van der Waals surface area contributed by atoms with Crippen LogP contribution in [0, 0.1) is 6.92 Å². The van der Waals surface area contributed by atoms with Crippen LogP contribution in [-0.2, 0) is 10.8 Å². The van der Waals surface area contributed by atoms with Crippen LogP contribution in [0.15, 0.2) is 142 Å². The maximum Gasteiger partial charge on any atom is 0.198 e. The summed E-state index contributed by atoms with van der Waals surface area (Å²) in [5, 5.41) is 13.6. The molecular formula is C57H45BN2O2S. The number of para-hydroxylation sites is 1. The van der Waals surface area contributed by atoms with Gasteiger partial charge in [0.05, 0.1) is 5.52 Å². The molecule has 4 nitrogen and oxygen atoms in total. The Kier molecular flexibility index (Phi) is 7.42. The number of anilines is 2. The summed E-state index contributed by atoms with van der Waals surface area (Å²) in [6, 6.07) is 49.6. The van der Waals surface area contributed by atoms with Gasteiger partial charge in [-0.05, 0) is 112 Å². The van der Waals surface area contributed by atoms with Crippen molar-refractivity contribution in [1.82, 2.24) is 4.57 Å². The lowest BCUT2D eigenvalue weighted by atomic mass is 9.58. The van der Waals surface area contributed by atoms with E-state index >= 15 is 0 Å². The number of fused-ring (bicyclic) bond motifs is 14. The minimum atomic E-state index is 0.00563. The van der Waals surface area contributed by atoms with Crippen LogP contribution < -0.4 is 16.2 Å². The van der Waals surface area contributed by atoms with Crippen LogP contribution in [0.2, 0.25) is 0 Å². The minimum Gasteiger partial charge on any atom is -0.456 e. The molecule has 6 heteroatoms. The second-order valence-electron chi connectivity index (χ2n) is 19.9. The lowest BCUT2D eigenvalue weighted by Gasteiger charge is -2.25. The molecule has 0 unspecified atom stereocenters. The fourth-order valence-corrected chi connectivity index (χ4v) is 11.7. The van der Waals surface area contributed by atoms with E-state index in [9.17, 15) is 0 Å². The van der Waals surface area contributed by atoms with Crippen molar-refractivity contribution in [2.45, 2.75) is 59.3 Å². The number of aryl methyl sites for hydroxylation is 1. The quantitative estimate of drug-likeness (QED) is 0.180. The van der Waals surface area contributed by atoms with E-state index in [1.807, 2.05) is 11.3 Å². The number of aromatic nitrogens is 1. The molecule has 1 N–H and O–H groups in total. The molecule has 1 aliphatic heterocycles. The molecule has 0 radical (unpaired) electrons. The van der Waals surface area contributed by atoms with Crippen LogP contribution in [-0.4, -0.2) is 11.8 Å². The molecule has 0 atom stereocenters. The summed E-state index contributed by atoms with van der Waals surface area (Å²) < 4.78 is 18.6. The average Bonchev–Trinajstić information content (AvgIpc) is 4.01. The van der Waals surface area contributed by atoms with Crippen molar-refractivity contribution in [3.63, 3.8) is 0 Å². The van der Waals surface area contributed by atoms with Crippen LogP contribution in [0.4, 0.5) is 11.4 Å². The minimum absolute atomic E-state index is 0.00563. The second kappa shape index (κ2) is 12.7. The highest BCUT2D eigenvalue weighted by atomic mass is 32.1. The number of nitrogens with one attached hydrogen (secondary N) is 1. The highest BCUT2D eigenvalue weighted by Gasteiger charge is 2.30. The van der Waals surface area contributed by atoms with E-state index in [1.54, 1.807) is 0 Å². The molecule has 0 aliphatic carbocycles. The fourth-order valence-electron chi connectivity index (χ4n) is 10.5. The van der Waals surface area contributed by atoms with E-state index < -0.39 is 0 Å². The predicted molar refractivity (Wildman–Crippen MR) is 272 cm³/mol. The van der Waals surface area contributed by atoms with Gasteiger partial charge < -0.3 is 18.7 Å². The molecule has 5 heterocycles. The van der Waals surface area contributed by atoms with Crippen molar-refractivity contribution >= 4 is 127 Å². The Labute approximate surface area is 370 Å². The summed E-state index contributed by atoms with van der Waals surface area (Å²) in [6.45, 7) is 15.9. The standard InChI is InChI=1S/C57H45BN2O2S/c1-30-22-41(37-27-49-38(35-21-18-32(57(5,6)7)23-48(35)62-49)24-44(37)59-33-19-16-31(17-20-33)56(2,3)4)54-55-53(30)42-28-50-39(34-12-8-10-14-47(34)61-50)25-45(42)60(55)46-26-40-36-13-9-11-15-51(36)63-52(40)29-43(46)58-54/h8-29,58-59H,1-7H3. The zero-order valence-electron chi connectivity index (χ0n) is 36.6. The highest BCUT2D eigenvalue weighted by molar-refractivity contribution is 7.26. The Morgan fingerprint density at radius 2 is 1.22 bits per heavy atom. The van der Waals surface area contributed by atoms with E-state index in [2.05, 4.69) is 192 Å².